The van der Waals surface area contributed by atoms with Crippen molar-refractivity contribution in [2.45, 2.75) is 19.9 Å². The molecule has 0 aromatic rings. The SMILES string of the molecule is C=N[C@H](C)C(=C)C. The van der Waals surface area contributed by atoms with Crippen molar-refractivity contribution in [2.75, 3.05) is 0 Å². The standard InChI is InChI=1S/C6H11N/c1-5(2)6(3)7-4/h6H,1,4H2,2-3H3/t6-/m1/s1. The molecule has 0 aromatic carbocycles. The molecule has 7 heavy (non-hydrogen) atoms. The summed E-state index contributed by atoms with van der Waals surface area (Å²) in [6, 6.07) is 0.222. The second kappa shape index (κ2) is 2.56. The lowest BCUT2D eigenvalue weighted by Gasteiger charge is -1.99. The van der Waals surface area contributed by atoms with Gasteiger partial charge in [0.1, 0.15) is 0 Å². The van der Waals surface area contributed by atoms with Gasteiger partial charge in [0.2, 0.25) is 0 Å². The third-order valence-electron chi connectivity index (χ3n) is 0.987. The van der Waals surface area contributed by atoms with Gasteiger partial charge in [0.25, 0.3) is 0 Å². The van der Waals surface area contributed by atoms with E-state index >= 15 is 0 Å². The average molecular weight is 97.2 g/mol. The van der Waals surface area contributed by atoms with Gasteiger partial charge in [-0.25, -0.2) is 0 Å². The quantitative estimate of drug-likeness (QED) is 0.367. The van der Waals surface area contributed by atoms with Crippen LogP contribution in [0.2, 0.25) is 0 Å². The van der Waals surface area contributed by atoms with Gasteiger partial charge in [-0.2, -0.15) is 0 Å². The molecule has 0 aliphatic carbocycles. The van der Waals surface area contributed by atoms with E-state index in [1.54, 1.807) is 0 Å². The van der Waals surface area contributed by atoms with E-state index in [1.165, 1.54) is 0 Å². The first-order valence-corrected chi connectivity index (χ1v) is 2.29. The average Bonchev–Trinajstić information content (AvgIpc) is 1.65. The van der Waals surface area contributed by atoms with Crippen LogP contribution in [-0.4, -0.2) is 12.8 Å². The van der Waals surface area contributed by atoms with Crippen molar-refractivity contribution in [3.05, 3.63) is 12.2 Å². The van der Waals surface area contributed by atoms with Crippen LogP contribution in [-0.2, 0) is 0 Å². The van der Waals surface area contributed by atoms with E-state index in [9.17, 15) is 0 Å². The molecule has 0 heterocycles. The van der Waals surface area contributed by atoms with Crippen molar-refractivity contribution in [1.29, 1.82) is 0 Å². The van der Waals surface area contributed by atoms with Crippen LogP contribution >= 0.6 is 0 Å². The van der Waals surface area contributed by atoms with E-state index < -0.39 is 0 Å². The van der Waals surface area contributed by atoms with Crippen molar-refractivity contribution >= 4 is 6.72 Å². The lowest BCUT2D eigenvalue weighted by Crippen LogP contribution is -1.95. The summed E-state index contributed by atoms with van der Waals surface area (Å²) in [5.41, 5.74) is 1.06. The van der Waals surface area contributed by atoms with E-state index in [1.807, 2.05) is 13.8 Å². The molecule has 0 radical (unpaired) electrons. The van der Waals surface area contributed by atoms with Crippen LogP contribution in [0.3, 0.4) is 0 Å². The minimum absolute atomic E-state index is 0.222. The summed E-state index contributed by atoms with van der Waals surface area (Å²) in [4.78, 5) is 3.74. The highest BCUT2D eigenvalue weighted by molar-refractivity contribution is 5.26. The van der Waals surface area contributed by atoms with Crippen molar-refractivity contribution < 1.29 is 0 Å². The van der Waals surface area contributed by atoms with Crippen LogP contribution in [0.15, 0.2) is 17.1 Å². The molecule has 0 bridgehead atoms. The number of hydrogen-bond donors (Lipinski definition) is 0. The molecule has 0 saturated heterocycles. The Bertz CT molecular complexity index is 84.2. The van der Waals surface area contributed by atoms with Gasteiger partial charge in [0.05, 0.1) is 6.04 Å². The second-order valence-electron chi connectivity index (χ2n) is 1.70. The smallest absolute Gasteiger partial charge is 0.0668 e. The van der Waals surface area contributed by atoms with Crippen LogP contribution in [0.1, 0.15) is 13.8 Å². The predicted octanol–water partition coefficient (Wildman–Crippen LogP) is 1.65. The molecule has 1 nitrogen and oxygen atoms in total. The molecule has 1 atom stereocenters. The Balaban J connectivity index is 3.55. The zero-order valence-electron chi connectivity index (χ0n) is 4.94. The monoisotopic (exact) mass is 97.1 g/mol. The molecule has 0 aliphatic heterocycles. The highest BCUT2D eigenvalue weighted by Crippen LogP contribution is 1.98. The molecule has 0 rings (SSSR count). The van der Waals surface area contributed by atoms with Crippen molar-refractivity contribution in [1.82, 2.24) is 0 Å². The Morgan fingerprint density at radius 2 is 2.14 bits per heavy atom. The third kappa shape index (κ3) is 2.15. The van der Waals surface area contributed by atoms with Crippen LogP contribution in [0, 0.1) is 0 Å². The highest BCUT2D eigenvalue weighted by atomic mass is 14.7. The number of hydrogen-bond acceptors (Lipinski definition) is 1. The molecule has 0 amide bonds. The molecule has 0 spiro atoms. The van der Waals surface area contributed by atoms with E-state index in [0.717, 1.165) is 5.57 Å². The summed E-state index contributed by atoms with van der Waals surface area (Å²) < 4.78 is 0. The van der Waals surface area contributed by atoms with Gasteiger partial charge in [-0.3, -0.25) is 4.99 Å². The fourth-order valence-corrected chi connectivity index (χ4v) is 0.156. The first-order valence-electron chi connectivity index (χ1n) is 2.29. The third-order valence-corrected chi connectivity index (χ3v) is 0.987. The number of nitrogens with zero attached hydrogens (tertiary/aromatic N) is 1. The maximum Gasteiger partial charge on any atom is 0.0668 e. The topological polar surface area (TPSA) is 12.4 Å². The van der Waals surface area contributed by atoms with Gasteiger partial charge >= 0.3 is 0 Å². The summed E-state index contributed by atoms with van der Waals surface area (Å²) in [5, 5.41) is 0. The molecule has 0 fully saturated rings. The van der Waals surface area contributed by atoms with Gasteiger partial charge in [-0.05, 0) is 20.6 Å². The zero-order valence-corrected chi connectivity index (χ0v) is 4.94. The molecule has 0 aliphatic rings. The zero-order chi connectivity index (χ0) is 5.86. The minimum Gasteiger partial charge on any atom is -0.294 e. The molecule has 0 saturated carbocycles. The minimum atomic E-state index is 0.222. The molecule has 40 valence electrons. The Kier molecular flexibility index (Phi) is 2.34. The van der Waals surface area contributed by atoms with E-state index in [-0.39, 0.29) is 6.04 Å². The van der Waals surface area contributed by atoms with Gasteiger partial charge in [0, 0.05) is 0 Å². The highest BCUT2D eigenvalue weighted by Gasteiger charge is 1.92. The van der Waals surface area contributed by atoms with E-state index in [2.05, 4.69) is 18.3 Å². The fraction of sp³-hybridized carbons (Fsp3) is 0.500. The fourth-order valence-electron chi connectivity index (χ4n) is 0.156. The van der Waals surface area contributed by atoms with Crippen molar-refractivity contribution in [2.24, 2.45) is 4.99 Å². The van der Waals surface area contributed by atoms with Gasteiger partial charge < -0.3 is 0 Å². The molecule has 0 aromatic heterocycles. The molecular weight excluding hydrogens is 86.1 g/mol. The van der Waals surface area contributed by atoms with Crippen LogP contribution in [0.4, 0.5) is 0 Å². The lowest BCUT2D eigenvalue weighted by atomic mass is 10.2. The molecule has 1 heteroatoms. The second-order valence-corrected chi connectivity index (χ2v) is 1.70. The summed E-state index contributed by atoms with van der Waals surface area (Å²) in [6.07, 6.45) is 0. The lowest BCUT2D eigenvalue weighted by molar-refractivity contribution is 0.875. The Labute approximate surface area is 44.8 Å². The Morgan fingerprint density at radius 1 is 1.71 bits per heavy atom. The Morgan fingerprint density at radius 3 is 2.14 bits per heavy atom. The predicted molar refractivity (Wildman–Crippen MR) is 33.8 cm³/mol. The van der Waals surface area contributed by atoms with E-state index in [4.69, 9.17) is 0 Å². The molecule has 0 unspecified atom stereocenters. The van der Waals surface area contributed by atoms with Crippen LogP contribution < -0.4 is 0 Å². The van der Waals surface area contributed by atoms with Crippen molar-refractivity contribution in [3.63, 3.8) is 0 Å². The normalized spacial score (nSPS) is 12.9. The number of rotatable bonds is 2. The summed E-state index contributed by atoms with van der Waals surface area (Å²) >= 11 is 0. The summed E-state index contributed by atoms with van der Waals surface area (Å²) in [6.45, 7) is 11.0. The maximum absolute atomic E-state index is 3.74. The Hall–Kier alpha value is -0.590. The van der Waals surface area contributed by atoms with Gasteiger partial charge in [0.15, 0.2) is 0 Å². The van der Waals surface area contributed by atoms with Crippen molar-refractivity contribution in [3.8, 4) is 0 Å². The van der Waals surface area contributed by atoms with Gasteiger partial charge in [-0.1, -0.05) is 12.2 Å². The summed E-state index contributed by atoms with van der Waals surface area (Å²) in [5.74, 6) is 0. The van der Waals surface area contributed by atoms with E-state index in [0.29, 0.717) is 0 Å². The molecular formula is C6H11N. The summed E-state index contributed by atoms with van der Waals surface area (Å²) in [7, 11) is 0. The largest absolute Gasteiger partial charge is 0.294 e. The first-order chi connectivity index (χ1) is 3.18. The van der Waals surface area contributed by atoms with Crippen LogP contribution in [0.5, 0.6) is 0 Å². The molecule has 0 N–H and O–H groups in total. The van der Waals surface area contributed by atoms with Gasteiger partial charge in [-0.15, -0.1) is 0 Å². The first kappa shape index (κ1) is 6.41. The number of aliphatic imine (C=N–C) groups is 1. The van der Waals surface area contributed by atoms with Crippen LogP contribution in [0.25, 0.3) is 0 Å². The maximum atomic E-state index is 3.74.